The average Bonchev–Trinajstić information content (AvgIpc) is 2.69. The summed E-state index contributed by atoms with van der Waals surface area (Å²) >= 11 is 5.83. The monoisotopic (exact) mass is 384 g/mol. The lowest BCUT2D eigenvalue weighted by Gasteiger charge is -2.15. The van der Waals surface area contributed by atoms with Crippen LogP contribution < -0.4 is 14.8 Å². The molecule has 0 aliphatic carbocycles. The molecule has 0 fully saturated rings. The molecular weight excluding hydrogens is 364 g/mol. The van der Waals surface area contributed by atoms with E-state index in [0.717, 1.165) is 16.7 Å². The Kier molecular flexibility index (Phi) is 6.49. The summed E-state index contributed by atoms with van der Waals surface area (Å²) in [5, 5.41) is 4.52. The molecule has 1 heterocycles. The Morgan fingerprint density at radius 1 is 1.15 bits per heavy atom. The van der Waals surface area contributed by atoms with E-state index in [1.165, 1.54) is 0 Å². The minimum Gasteiger partial charge on any atom is -0.491 e. The summed E-state index contributed by atoms with van der Waals surface area (Å²) in [4.78, 5) is 16.5. The predicted molar refractivity (Wildman–Crippen MR) is 106 cm³/mol. The second-order valence-corrected chi connectivity index (χ2v) is 6.47. The highest BCUT2D eigenvalue weighted by Crippen LogP contribution is 2.22. The average molecular weight is 385 g/mol. The molecule has 2 aromatic carbocycles. The summed E-state index contributed by atoms with van der Waals surface area (Å²) < 4.78 is 11.4. The largest absolute Gasteiger partial charge is 0.491 e. The highest BCUT2D eigenvalue weighted by atomic mass is 35.5. The van der Waals surface area contributed by atoms with Crippen molar-refractivity contribution in [2.75, 3.05) is 13.2 Å². The molecule has 0 aliphatic rings. The van der Waals surface area contributed by atoms with Crippen molar-refractivity contribution < 1.29 is 14.3 Å². The zero-order valence-electron chi connectivity index (χ0n) is 15.0. The number of carbonyl (C=O) groups excluding carboxylic acids is 1. The summed E-state index contributed by atoms with van der Waals surface area (Å²) in [5.74, 6) is 1.18. The molecule has 1 amide bonds. The van der Waals surface area contributed by atoms with E-state index in [2.05, 4.69) is 10.3 Å². The van der Waals surface area contributed by atoms with Gasteiger partial charge in [0, 0.05) is 23.2 Å². The van der Waals surface area contributed by atoms with E-state index in [1.807, 2.05) is 30.3 Å². The van der Waals surface area contributed by atoms with E-state index in [4.69, 9.17) is 21.1 Å². The van der Waals surface area contributed by atoms with Crippen molar-refractivity contribution in [3.63, 3.8) is 0 Å². The van der Waals surface area contributed by atoms with Crippen molar-refractivity contribution in [2.24, 2.45) is 0 Å². The zero-order chi connectivity index (χ0) is 19.1. The Balaban J connectivity index is 1.40. The van der Waals surface area contributed by atoms with Gasteiger partial charge in [0.1, 0.15) is 17.0 Å². The van der Waals surface area contributed by atoms with Crippen LogP contribution in [0.15, 0.2) is 60.8 Å². The third kappa shape index (κ3) is 5.34. The molecule has 1 aromatic heterocycles. The molecule has 0 saturated heterocycles. The molecule has 0 radical (unpaired) electrons. The molecule has 140 valence electrons. The Bertz CT molecular complexity index is 894. The first-order chi connectivity index (χ1) is 13.1. The highest BCUT2D eigenvalue weighted by Gasteiger charge is 2.14. The molecule has 1 N–H and O–H groups in total. The van der Waals surface area contributed by atoms with Crippen molar-refractivity contribution in [3.05, 3.63) is 65.8 Å². The van der Waals surface area contributed by atoms with Crippen LogP contribution in [-0.2, 0) is 4.79 Å². The number of ether oxygens (including phenoxy) is 2. The van der Waals surface area contributed by atoms with Crippen LogP contribution in [0.4, 0.5) is 0 Å². The molecule has 0 saturated carbocycles. The van der Waals surface area contributed by atoms with Gasteiger partial charge in [0.2, 0.25) is 0 Å². The van der Waals surface area contributed by atoms with Crippen LogP contribution in [0.3, 0.4) is 0 Å². The zero-order valence-corrected chi connectivity index (χ0v) is 15.8. The number of amides is 1. The predicted octanol–water partition coefficient (Wildman–Crippen LogP) is 4.24. The maximum absolute atomic E-state index is 12.1. The van der Waals surface area contributed by atoms with Gasteiger partial charge in [-0.05, 0) is 49.7 Å². The molecule has 1 atom stereocenters. The number of carbonyl (C=O) groups is 1. The third-order valence-corrected chi connectivity index (χ3v) is 4.22. The number of hydrogen-bond acceptors (Lipinski definition) is 4. The first-order valence-electron chi connectivity index (χ1n) is 8.80. The van der Waals surface area contributed by atoms with E-state index in [-0.39, 0.29) is 5.91 Å². The van der Waals surface area contributed by atoms with Crippen molar-refractivity contribution >= 4 is 28.4 Å². The Hall–Kier alpha value is -2.79. The van der Waals surface area contributed by atoms with Crippen LogP contribution >= 0.6 is 11.6 Å². The van der Waals surface area contributed by atoms with E-state index in [1.54, 1.807) is 37.4 Å². The number of hydrogen-bond donors (Lipinski definition) is 1. The SMILES string of the molecule is CC(Oc1ccc(Cl)cc1)C(=O)NCCCOc1cccc2cccnc12. The fourth-order valence-electron chi connectivity index (χ4n) is 2.57. The molecule has 6 heteroatoms. The van der Waals surface area contributed by atoms with Gasteiger partial charge in [-0.15, -0.1) is 0 Å². The van der Waals surface area contributed by atoms with E-state index < -0.39 is 6.10 Å². The van der Waals surface area contributed by atoms with Gasteiger partial charge in [-0.2, -0.15) is 0 Å². The Morgan fingerprint density at radius 3 is 2.74 bits per heavy atom. The van der Waals surface area contributed by atoms with Crippen LogP contribution in [0.1, 0.15) is 13.3 Å². The molecular formula is C21H21ClN2O3. The number of pyridine rings is 1. The normalized spacial score (nSPS) is 11.8. The highest BCUT2D eigenvalue weighted by molar-refractivity contribution is 6.30. The van der Waals surface area contributed by atoms with Gasteiger partial charge in [0.15, 0.2) is 6.10 Å². The minimum atomic E-state index is -0.589. The number of rotatable bonds is 8. The summed E-state index contributed by atoms with van der Waals surface area (Å²) in [7, 11) is 0. The molecule has 0 bridgehead atoms. The van der Waals surface area contributed by atoms with Gasteiger partial charge in [-0.3, -0.25) is 9.78 Å². The smallest absolute Gasteiger partial charge is 0.260 e. The van der Waals surface area contributed by atoms with Crippen LogP contribution in [0.25, 0.3) is 10.9 Å². The summed E-state index contributed by atoms with van der Waals surface area (Å²) in [5.41, 5.74) is 0.842. The van der Waals surface area contributed by atoms with Gasteiger partial charge >= 0.3 is 0 Å². The molecule has 0 aliphatic heterocycles. The van der Waals surface area contributed by atoms with E-state index >= 15 is 0 Å². The first kappa shape index (κ1) is 19.0. The lowest BCUT2D eigenvalue weighted by atomic mass is 10.2. The fraction of sp³-hybridized carbons (Fsp3) is 0.238. The minimum absolute atomic E-state index is 0.170. The van der Waals surface area contributed by atoms with Crippen LogP contribution in [0, 0.1) is 0 Å². The summed E-state index contributed by atoms with van der Waals surface area (Å²) in [6.07, 6.45) is 1.84. The van der Waals surface area contributed by atoms with E-state index in [0.29, 0.717) is 30.3 Å². The molecule has 5 nitrogen and oxygen atoms in total. The fourth-order valence-corrected chi connectivity index (χ4v) is 2.70. The molecule has 27 heavy (non-hydrogen) atoms. The van der Waals surface area contributed by atoms with Crippen molar-refractivity contribution in [1.29, 1.82) is 0 Å². The number of nitrogens with zero attached hydrogens (tertiary/aromatic N) is 1. The van der Waals surface area contributed by atoms with Gasteiger partial charge < -0.3 is 14.8 Å². The van der Waals surface area contributed by atoms with Gasteiger partial charge in [-0.25, -0.2) is 0 Å². The van der Waals surface area contributed by atoms with Gasteiger partial charge in [0.25, 0.3) is 5.91 Å². The quantitative estimate of drug-likeness (QED) is 0.590. The number of halogens is 1. The number of fused-ring (bicyclic) bond motifs is 1. The van der Waals surface area contributed by atoms with Crippen molar-refractivity contribution in [1.82, 2.24) is 10.3 Å². The van der Waals surface area contributed by atoms with Crippen LogP contribution in [0.2, 0.25) is 5.02 Å². The van der Waals surface area contributed by atoms with Crippen LogP contribution in [0.5, 0.6) is 11.5 Å². The topological polar surface area (TPSA) is 60.5 Å². The van der Waals surface area contributed by atoms with Gasteiger partial charge in [-0.1, -0.05) is 29.8 Å². The number of para-hydroxylation sites is 1. The molecule has 3 aromatic rings. The maximum atomic E-state index is 12.1. The third-order valence-electron chi connectivity index (χ3n) is 3.97. The first-order valence-corrected chi connectivity index (χ1v) is 9.18. The number of benzene rings is 2. The Morgan fingerprint density at radius 2 is 1.93 bits per heavy atom. The number of nitrogens with one attached hydrogen (secondary N) is 1. The Labute approximate surface area is 163 Å². The number of aromatic nitrogens is 1. The molecule has 0 spiro atoms. The van der Waals surface area contributed by atoms with Crippen molar-refractivity contribution in [3.8, 4) is 11.5 Å². The second kappa shape index (κ2) is 9.24. The molecule has 3 rings (SSSR count). The second-order valence-electron chi connectivity index (χ2n) is 6.04. The molecule has 1 unspecified atom stereocenters. The van der Waals surface area contributed by atoms with Crippen LogP contribution in [-0.4, -0.2) is 30.1 Å². The maximum Gasteiger partial charge on any atom is 0.260 e. The summed E-state index contributed by atoms with van der Waals surface area (Å²) in [6, 6.07) is 16.6. The van der Waals surface area contributed by atoms with E-state index in [9.17, 15) is 4.79 Å². The lowest BCUT2D eigenvalue weighted by Crippen LogP contribution is -2.37. The lowest BCUT2D eigenvalue weighted by molar-refractivity contribution is -0.127. The standard InChI is InChI=1S/C21H21ClN2O3/c1-15(27-18-10-8-17(22)9-11-18)21(25)24-13-4-14-26-19-7-2-5-16-6-3-12-23-20(16)19/h2-3,5-12,15H,4,13-14H2,1H3,(H,24,25). The van der Waals surface area contributed by atoms with Gasteiger partial charge in [0.05, 0.1) is 6.61 Å². The van der Waals surface area contributed by atoms with Crippen molar-refractivity contribution in [2.45, 2.75) is 19.4 Å². The summed E-state index contributed by atoms with van der Waals surface area (Å²) in [6.45, 7) is 2.70.